The molecule has 6 rings (SSSR count). The van der Waals surface area contributed by atoms with E-state index in [0.29, 0.717) is 0 Å². The summed E-state index contributed by atoms with van der Waals surface area (Å²) in [6, 6.07) is -5.06. The Labute approximate surface area is 426 Å². The summed E-state index contributed by atoms with van der Waals surface area (Å²) in [7, 11) is 0. The zero-order valence-electron chi connectivity index (χ0n) is 40.7. The van der Waals surface area contributed by atoms with Gasteiger partial charge >= 0.3 is 0 Å². The first-order valence-corrected chi connectivity index (χ1v) is 23.9. The van der Waals surface area contributed by atoms with Crippen LogP contribution in [0.25, 0.3) is 0 Å². The minimum Gasteiger partial charge on any atom is -0.394 e. The molecule has 0 aromatic rings. The van der Waals surface area contributed by atoms with Crippen molar-refractivity contribution in [3.8, 4) is 0 Å². The molecule has 6 saturated heterocycles. The fourth-order valence-electron chi connectivity index (χ4n) is 9.54. The first-order chi connectivity index (χ1) is 35.4. The number of nitrogens with one attached hydrogen (secondary N) is 3. The van der Waals surface area contributed by atoms with Crippen LogP contribution in [0.1, 0.15) is 27.7 Å². The number of aliphatic hydroxyl groups is 16. The SMILES string of the molecule is CC(=O)N[C@@H]1[C@@H](O[C@@H]2O[C@H](CO)[C@H](O)[C@H](O[C@H]3O[C@H](CO)[C@H](O)[C@H](O)[C@H]3NC(C)=O)[C@H]2O[C@@H]2O[C@@H](C)[C@@H](O)[C@@H](O)[C@@H]2O)[C@@H](O)[C@@H](CO[C@@H]2O[C@H](CO)[C@@H](O[C@@H]3O[C@H](CO)[C@H](O)[C@H](O)[C@H]3O)[C@H](O)[C@H]2NC(C)=O)O[C@@H]1O. The lowest BCUT2D eigenvalue weighted by molar-refractivity contribution is -0.397. The summed E-state index contributed by atoms with van der Waals surface area (Å²) >= 11 is 0. The van der Waals surface area contributed by atoms with E-state index in [1.165, 1.54) is 6.92 Å². The van der Waals surface area contributed by atoms with Crippen LogP contribution in [0.15, 0.2) is 0 Å². The first-order valence-electron chi connectivity index (χ1n) is 23.9. The van der Waals surface area contributed by atoms with E-state index < -0.39 is 235 Å². The Hall–Kier alpha value is -2.67. The summed E-state index contributed by atoms with van der Waals surface area (Å²) in [6.45, 7) is -0.244. The largest absolute Gasteiger partial charge is 0.394 e. The van der Waals surface area contributed by atoms with Gasteiger partial charge in [-0.05, 0) is 6.92 Å². The molecule has 3 amide bonds. The number of rotatable bonds is 18. The van der Waals surface area contributed by atoms with Gasteiger partial charge in [0.2, 0.25) is 17.7 Å². The van der Waals surface area contributed by atoms with Crippen molar-refractivity contribution >= 4 is 17.7 Å². The Morgan fingerprint density at radius 2 is 0.787 bits per heavy atom. The van der Waals surface area contributed by atoms with E-state index in [9.17, 15) is 96.1 Å². The van der Waals surface area contributed by atoms with E-state index in [4.69, 9.17) is 52.1 Å². The van der Waals surface area contributed by atoms with Crippen molar-refractivity contribution in [3.63, 3.8) is 0 Å². The molecule has 0 aromatic carbocycles. The van der Waals surface area contributed by atoms with Gasteiger partial charge in [-0.1, -0.05) is 0 Å². The highest BCUT2D eigenvalue weighted by Crippen LogP contribution is 2.37. The second-order valence-electron chi connectivity index (χ2n) is 19.0. The van der Waals surface area contributed by atoms with Gasteiger partial charge in [0, 0.05) is 20.8 Å². The number of aliphatic hydroxyl groups excluding tert-OH is 16. The zero-order valence-corrected chi connectivity index (χ0v) is 40.7. The number of hydrogen-bond donors (Lipinski definition) is 19. The number of ether oxygens (including phenoxy) is 11. The van der Waals surface area contributed by atoms with Gasteiger partial charge in [0.25, 0.3) is 0 Å². The lowest BCUT2D eigenvalue weighted by atomic mass is 9.94. The van der Waals surface area contributed by atoms with Crippen molar-refractivity contribution in [2.45, 2.75) is 212 Å². The van der Waals surface area contributed by atoms with E-state index in [0.717, 1.165) is 20.8 Å². The van der Waals surface area contributed by atoms with Crippen LogP contribution in [-0.2, 0) is 66.5 Å². The minimum atomic E-state index is -2.13. The molecule has 0 aromatic heterocycles. The molecule has 0 spiro atoms. The fraction of sp³-hybridized carbons (Fsp3) is 0.929. The summed E-state index contributed by atoms with van der Waals surface area (Å²) in [5, 5.41) is 180. The molecular formula is C42H71N3O30. The highest BCUT2D eigenvalue weighted by atomic mass is 16.8. The van der Waals surface area contributed by atoms with Crippen molar-refractivity contribution in [1.29, 1.82) is 0 Å². The van der Waals surface area contributed by atoms with Gasteiger partial charge in [-0.15, -0.1) is 0 Å². The number of carbonyl (C=O) groups excluding carboxylic acids is 3. The van der Waals surface area contributed by atoms with Crippen LogP contribution >= 0.6 is 0 Å². The normalized spacial score (nSPS) is 48.6. The molecule has 75 heavy (non-hydrogen) atoms. The molecule has 0 saturated carbocycles. The summed E-state index contributed by atoms with van der Waals surface area (Å²) in [4.78, 5) is 37.4. The standard InChI is InChI=1S/C42H71N3O30/c1-10-22(53)29(60)31(62)40(66-10)75-36-35(74-39-19(43-11(2)50)27(58)23(54)14(5-46)68-39)25(56)16(7-48)70-42(36)73-34-21(45-13(4)52)37(64)67-18(26(34)57)9-65-38-20(44-12(3)51)28(59)33(17(8-49)71-38)72-41-32(63)30(61)24(55)15(6-47)69-41/h10,14-42,46-49,53-64H,5-9H2,1-4H3,(H,43,50)(H,44,51)(H,45,52)/t10-,14+,15+,16+,17+,18+,19+,20+,21+,22+,23-,24-,25-,26-,27+,28+,29+,30-,31-,32+,33+,34+,35-,36+,37-,38+,39+,40-,41-,42-/m0/s1. The van der Waals surface area contributed by atoms with Gasteiger partial charge in [-0.25, -0.2) is 0 Å². The molecular weight excluding hydrogens is 1030 g/mol. The maximum Gasteiger partial charge on any atom is 0.217 e. The molecule has 33 heteroatoms. The Balaban J connectivity index is 1.30. The Bertz CT molecular complexity index is 1850. The Morgan fingerprint density at radius 3 is 1.35 bits per heavy atom. The lowest BCUT2D eigenvalue weighted by Crippen LogP contribution is -2.70. The molecule has 6 heterocycles. The van der Waals surface area contributed by atoms with Crippen LogP contribution < -0.4 is 16.0 Å². The van der Waals surface area contributed by atoms with Crippen LogP contribution in [0.5, 0.6) is 0 Å². The molecule has 0 radical (unpaired) electrons. The number of amides is 3. The molecule has 6 fully saturated rings. The van der Waals surface area contributed by atoms with Gasteiger partial charge in [0.1, 0.15) is 140 Å². The summed E-state index contributed by atoms with van der Waals surface area (Å²) in [5.74, 6) is -2.41. The molecule has 6 aliphatic heterocycles. The second kappa shape index (κ2) is 26.5. The lowest BCUT2D eigenvalue weighted by Gasteiger charge is -2.51. The smallest absolute Gasteiger partial charge is 0.217 e. The summed E-state index contributed by atoms with van der Waals surface area (Å²) < 4.78 is 64.3. The maximum atomic E-state index is 12.6. The van der Waals surface area contributed by atoms with Gasteiger partial charge in [0.15, 0.2) is 37.7 Å². The third-order valence-electron chi connectivity index (χ3n) is 13.6. The highest BCUT2D eigenvalue weighted by Gasteiger charge is 2.58. The molecule has 33 nitrogen and oxygen atoms in total. The van der Waals surface area contributed by atoms with Crippen LogP contribution in [0.2, 0.25) is 0 Å². The molecule has 0 bridgehead atoms. The fourth-order valence-corrected chi connectivity index (χ4v) is 9.54. The van der Waals surface area contributed by atoms with E-state index in [1.807, 2.05) is 0 Å². The van der Waals surface area contributed by atoms with Crippen molar-refractivity contribution in [1.82, 2.24) is 16.0 Å². The highest BCUT2D eigenvalue weighted by molar-refractivity contribution is 5.74. The van der Waals surface area contributed by atoms with Gasteiger partial charge in [-0.3, -0.25) is 14.4 Å². The topological polar surface area (TPSA) is 513 Å². The van der Waals surface area contributed by atoms with Crippen molar-refractivity contribution in [3.05, 3.63) is 0 Å². The Kier molecular flexibility index (Phi) is 21.8. The summed E-state index contributed by atoms with van der Waals surface area (Å²) in [6.07, 6.45) is -50.0. The quantitative estimate of drug-likeness (QED) is 0.0606. The van der Waals surface area contributed by atoms with E-state index in [-0.39, 0.29) is 0 Å². The monoisotopic (exact) mass is 1100 g/mol. The second-order valence-corrected chi connectivity index (χ2v) is 19.0. The Morgan fingerprint density at radius 1 is 0.373 bits per heavy atom. The van der Waals surface area contributed by atoms with Gasteiger partial charge < -0.3 is 150 Å². The third-order valence-corrected chi connectivity index (χ3v) is 13.6. The molecule has 434 valence electrons. The van der Waals surface area contributed by atoms with Crippen molar-refractivity contribution in [2.75, 3.05) is 33.0 Å². The third kappa shape index (κ3) is 13.7. The van der Waals surface area contributed by atoms with E-state index >= 15 is 0 Å². The zero-order chi connectivity index (χ0) is 55.5. The molecule has 6 aliphatic rings. The van der Waals surface area contributed by atoms with Crippen molar-refractivity contribution < 1.29 is 148 Å². The summed E-state index contributed by atoms with van der Waals surface area (Å²) in [5.41, 5.74) is 0. The minimum absolute atomic E-state index is 0.784. The number of carbonyl (C=O) groups is 3. The molecule has 19 N–H and O–H groups in total. The van der Waals surface area contributed by atoms with Crippen LogP contribution in [0.4, 0.5) is 0 Å². The van der Waals surface area contributed by atoms with Crippen LogP contribution in [0.3, 0.4) is 0 Å². The van der Waals surface area contributed by atoms with Crippen molar-refractivity contribution in [2.24, 2.45) is 0 Å². The van der Waals surface area contributed by atoms with Gasteiger partial charge in [0.05, 0.1) is 39.1 Å². The van der Waals surface area contributed by atoms with Crippen LogP contribution in [0, 0.1) is 0 Å². The number of hydrogen-bond acceptors (Lipinski definition) is 30. The average molecular weight is 1100 g/mol. The first kappa shape index (κ1) is 61.5. The average Bonchev–Trinajstić information content (AvgIpc) is 3.36. The maximum absolute atomic E-state index is 12.6. The van der Waals surface area contributed by atoms with E-state index in [1.54, 1.807) is 0 Å². The van der Waals surface area contributed by atoms with Gasteiger partial charge in [-0.2, -0.15) is 0 Å². The molecule has 0 aliphatic carbocycles. The predicted molar refractivity (Wildman–Crippen MR) is 233 cm³/mol. The van der Waals surface area contributed by atoms with Crippen LogP contribution in [-0.4, -0.2) is 317 Å². The predicted octanol–water partition coefficient (Wildman–Crippen LogP) is -12.6. The van der Waals surface area contributed by atoms with E-state index in [2.05, 4.69) is 16.0 Å². The molecule has 30 atom stereocenters. The molecule has 0 unspecified atom stereocenters.